The number of allylic oxidation sites excluding steroid dienone is 1. The average molecular weight is 613 g/mol. The van der Waals surface area contributed by atoms with Gasteiger partial charge in [-0.05, 0) is 49.7 Å². The Morgan fingerprint density at radius 3 is 2.39 bits per heavy atom. The summed E-state index contributed by atoms with van der Waals surface area (Å²) >= 11 is 6.38. The van der Waals surface area contributed by atoms with E-state index in [0.717, 1.165) is 11.1 Å². The minimum absolute atomic E-state index is 0.0106. The quantitative estimate of drug-likeness (QED) is 0.123. The van der Waals surface area contributed by atoms with Gasteiger partial charge >= 0.3 is 11.9 Å². The van der Waals surface area contributed by atoms with Crippen LogP contribution >= 0.6 is 11.6 Å². The molecular weight excluding hydrogens is 584 g/mol. The van der Waals surface area contributed by atoms with Crippen molar-refractivity contribution in [3.63, 3.8) is 0 Å². The van der Waals surface area contributed by atoms with Gasteiger partial charge in [-0.1, -0.05) is 41.5 Å². The van der Waals surface area contributed by atoms with Crippen molar-refractivity contribution in [3.8, 4) is 5.82 Å². The summed E-state index contributed by atoms with van der Waals surface area (Å²) in [5, 5.41) is 0.0106. The molecule has 0 spiro atoms. The van der Waals surface area contributed by atoms with Gasteiger partial charge in [0.15, 0.2) is 17.0 Å². The van der Waals surface area contributed by atoms with E-state index in [9.17, 15) is 9.59 Å². The number of carbonyl (C=O) groups excluding carboxylic acids is 2. The summed E-state index contributed by atoms with van der Waals surface area (Å²) in [6.07, 6.45) is 5.36. The van der Waals surface area contributed by atoms with Gasteiger partial charge in [0.25, 0.3) is 0 Å². The van der Waals surface area contributed by atoms with E-state index >= 15 is 0 Å². The van der Waals surface area contributed by atoms with E-state index in [1.807, 2.05) is 38.1 Å². The second-order valence-electron chi connectivity index (χ2n) is 10.5. The number of fused-ring (bicyclic) bond motifs is 1. The van der Waals surface area contributed by atoms with Crippen LogP contribution in [0.25, 0.3) is 17.0 Å². The summed E-state index contributed by atoms with van der Waals surface area (Å²) in [5.41, 5.74) is 3.76. The SMILES string of the molecule is C=CCc1nccn1-c1nc(Cl)nc2c1ncn2[C@@H]1C[C@H](OC(=O)c2ccc(C)cc2)[C@@H](COC(=O)c2ccc(C)cc2)O1. The first-order valence-corrected chi connectivity index (χ1v) is 14.4. The molecule has 1 fully saturated rings. The number of hydrogen-bond acceptors (Lipinski definition) is 9. The second kappa shape index (κ2) is 12.4. The van der Waals surface area contributed by atoms with Crippen LogP contribution in [0, 0.1) is 13.8 Å². The van der Waals surface area contributed by atoms with E-state index in [1.165, 1.54) is 0 Å². The van der Waals surface area contributed by atoms with Gasteiger partial charge < -0.3 is 14.2 Å². The maximum Gasteiger partial charge on any atom is 0.338 e. The number of imidazole rings is 2. The number of carbonyl (C=O) groups is 2. The minimum atomic E-state index is -0.758. The summed E-state index contributed by atoms with van der Waals surface area (Å²) in [6.45, 7) is 7.53. The number of aromatic nitrogens is 6. The van der Waals surface area contributed by atoms with E-state index in [4.69, 9.17) is 25.8 Å². The molecule has 0 N–H and O–H groups in total. The maximum atomic E-state index is 13.1. The van der Waals surface area contributed by atoms with Crippen molar-refractivity contribution in [2.75, 3.05) is 6.61 Å². The van der Waals surface area contributed by atoms with Gasteiger partial charge in [-0.2, -0.15) is 9.97 Å². The first-order valence-electron chi connectivity index (χ1n) is 14.0. The third-order valence-electron chi connectivity index (χ3n) is 7.35. The Hall–Kier alpha value is -4.87. The topological polar surface area (TPSA) is 123 Å². The van der Waals surface area contributed by atoms with Gasteiger partial charge in [-0.15, -0.1) is 6.58 Å². The zero-order valence-electron chi connectivity index (χ0n) is 24.1. The molecule has 0 bridgehead atoms. The summed E-state index contributed by atoms with van der Waals surface area (Å²) in [7, 11) is 0. The molecule has 0 amide bonds. The van der Waals surface area contributed by atoms with Crippen LogP contribution in [0.5, 0.6) is 0 Å². The van der Waals surface area contributed by atoms with Crippen molar-refractivity contribution in [2.24, 2.45) is 0 Å². The number of esters is 2. The lowest BCUT2D eigenvalue weighted by Gasteiger charge is -2.19. The Balaban J connectivity index is 1.28. The normalized spacial score (nSPS) is 17.9. The van der Waals surface area contributed by atoms with Crippen LogP contribution in [0.1, 0.15) is 50.3 Å². The van der Waals surface area contributed by atoms with Crippen LogP contribution in [0.2, 0.25) is 5.28 Å². The maximum absolute atomic E-state index is 13.1. The molecule has 6 rings (SSSR count). The molecule has 12 heteroatoms. The van der Waals surface area contributed by atoms with E-state index in [0.29, 0.717) is 40.4 Å². The van der Waals surface area contributed by atoms with Crippen LogP contribution in [-0.2, 0) is 20.6 Å². The van der Waals surface area contributed by atoms with Crippen molar-refractivity contribution in [1.29, 1.82) is 0 Å². The minimum Gasteiger partial charge on any atom is -0.459 e. The van der Waals surface area contributed by atoms with Crippen LogP contribution in [0.15, 0.2) is 79.9 Å². The van der Waals surface area contributed by atoms with Crippen LogP contribution in [0.3, 0.4) is 0 Å². The highest BCUT2D eigenvalue weighted by atomic mass is 35.5. The summed E-state index contributed by atoms with van der Waals surface area (Å²) in [6, 6.07) is 14.2. The van der Waals surface area contributed by atoms with Crippen molar-refractivity contribution in [1.82, 2.24) is 29.1 Å². The lowest BCUT2D eigenvalue weighted by molar-refractivity contribution is -0.0563. The molecule has 44 heavy (non-hydrogen) atoms. The van der Waals surface area contributed by atoms with Gasteiger partial charge in [0.1, 0.15) is 30.9 Å². The number of aryl methyl sites for hydroxylation is 2. The number of benzene rings is 2. The summed E-state index contributed by atoms with van der Waals surface area (Å²) in [4.78, 5) is 43.7. The van der Waals surface area contributed by atoms with Gasteiger partial charge in [-0.3, -0.25) is 9.13 Å². The monoisotopic (exact) mass is 612 g/mol. The zero-order chi connectivity index (χ0) is 30.8. The predicted octanol–water partition coefficient (Wildman–Crippen LogP) is 5.38. The fourth-order valence-corrected chi connectivity index (χ4v) is 5.19. The molecule has 0 radical (unpaired) electrons. The standard InChI is InChI=1S/C32H29ClN6O5/c1-4-5-25-34-14-15-38(25)28-27-29(37-32(33)36-28)39(18-35-27)26-16-23(44-31(41)22-12-8-20(3)9-13-22)24(43-26)17-42-30(40)21-10-6-19(2)7-11-21/h4,6-15,18,23-24,26H,1,5,16-17H2,2-3H3/t23-,24+,26-/m0/s1. The van der Waals surface area contributed by atoms with E-state index in [-0.39, 0.29) is 18.3 Å². The lowest BCUT2D eigenvalue weighted by atomic mass is 10.1. The first kappa shape index (κ1) is 29.2. The van der Waals surface area contributed by atoms with Crippen LogP contribution < -0.4 is 0 Å². The van der Waals surface area contributed by atoms with Crippen LogP contribution in [-0.4, -0.2) is 59.8 Å². The highest BCUT2D eigenvalue weighted by molar-refractivity contribution is 6.28. The van der Waals surface area contributed by atoms with Crippen molar-refractivity contribution >= 4 is 34.7 Å². The number of halogens is 1. The molecule has 11 nitrogen and oxygen atoms in total. The molecular formula is C32H29ClN6O5. The number of nitrogens with zero attached hydrogens (tertiary/aromatic N) is 6. The molecule has 1 saturated heterocycles. The first-order chi connectivity index (χ1) is 21.3. The van der Waals surface area contributed by atoms with Crippen molar-refractivity contribution in [2.45, 2.75) is 45.1 Å². The Labute approximate surface area is 258 Å². The lowest BCUT2D eigenvalue weighted by Crippen LogP contribution is -2.32. The Kier molecular flexibility index (Phi) is 8.23. The van der Waals surface area contributed by atoms with Gasteiger partial charge in [-0.25, -0.2) is 19.6 Å². The van der Waals surface area contributed by atoms with E-state index in [1.54, 1.807) is 58.2 Å². The molecule has 3 atom stereocenters. The molecule has 1 aliphatic rings. The molecule has 0 saturated carbocycles. The number of hydrogen-bond donors (Lipinski definition) is 0. The average Bonchev–Trinajstić information content (AvgIpc) is 3.75. The molecule has 5 aromatic rings. The van der Waals surface area contributed by atoms with Gasteiger partial charge in [0, 0.05) is 25.2 Å². The summed E-state index contributed by atoms with van der Waals surface area (Å²) in [5.74, 6) is 0.152. The third-order valence-corrected chi connectivity index (χ3v) is 7.52. The fraction of sp³-hybridized carbons (Fsp3) is 0.250. The van der Waals surface area contributed by atoms with Crippen molar-refractivity contribution in [3.05, 3.63) is 113 Å². The Bertz CT molecular complexity index is 1830. The molecule has 4 heterocycles. The van der Waals surface area contributed by atoms with E-state index < -0.39 is 30.4 Å². The molecule has 0 aliphatic carbocycles. The highest BCUT2D eigenvalue weighted by Gasteiger charge is 2.41. The van der Waals surface area contributed by atoms with Crippen molar-refractivity contribution < 1.29 is 23.8 Å². The molecule has 3 aromatic heterocycles. The number of rotatable bonds is 9. The third kappa shape index (κ3) is 5.97. The predicted molar refractivity (Wildman–Crippen MR) is 162 cm³/mol. The molecule has 0 unspecified atom stereocenters. The number of ether oxygens (including phenoxy) is 3. The second-order valence-corrected chi connectivity index (χ2v) is 10.8. The largest absolute Gasteiger partial charge is 0.459 e. The molecule has 224 valence electrons. The molecule has 1 aliphatic heterocycles. The smallest absolute Gasteiger partial charge is 0.338 e. The fourth-order valence-electron chi connectivity index (χ4n) is 5.03. The summed E-state index contributed by atoms with van der Waals surface area (Å²) < 4.78 is 21.4. The van der Waals surface area contributed by atoms with Gasteiger partial charge in [0.2, 0.25) is 5.28 Å². The van der Waals surface area contributed by atoms with E-state index in [2.05, 4.69) is 26.5 Å². The van der Waals surface area contributed by atoms with Crippen LogP contribution in [0.4, 0.5) is 0 Å². The molecule has 2 aromatic carbocycles. The Morgan fingerprint density at radius 1 is 1.02 bits per heavy atom. The van der Waals surface area contributed by atoms with Gasteiger partial charge in [0.05, 0.1) is 17.5 Å². The zero-order valence-corrected chi connectivity index (χ0v) is 24.8. The Morgan fingerprint density at radius 2 is 1.70 bits per heavy atom. The highest BCUT2D eigenvalue weighted by Crippen LogP contribution is 2.34.